The first-order valence-corrected chi connectivity index (χ1v) is 20.7. The van der Waals surface area contributed by atoms with E-state index in [-0.39, 0.29) is 72.0 Å². The summed E-state index contributed by atoms with van der Waals surface area (Å²) in [6.07, 6.45) is 2.71. The van der Waals surface area contributed by atoms with Crippen LogP contribution in [0.2, 0.25) is 0 Å². The minimum Gasteiger partial charge on any atom is -0.507 e. The van der Waals surface area contributed by atoms with E-state index >= 15 is 0 Å². The van der Waals surface area contributed by atoms with E-state index in [0.29, 0.717) is 17.6 Å². The molecule has 4 heterocycles. The molecular formula is C44H52N8O13. The van der Waals surface area contributed by atoms with Gasteiger partial charge in [-0.15, -0.1) is 0 Å². The highest BCUT2D eigenvalue weighted by molar-refractivity contribution is 6.31. The minimum atomic E-state index is -2.47. The van der Waals surface area contributed by atoms with Gasteiger partial charge in [-0.2, -0.15) is 0 Å². The summed E-state index contributed by atoms with van der Waals surface area (Å²) in [5.74, 6) is -4.67. The Morgan fingerprint density at radius 1 is 1.05 bits per heavy atom. The number of aromatic hydroxyl groups is 1. The van der Waals surface area contributed by atoms with E-state index < -0.39 is 102 Å². The van der Waals surface area contributed by atoms with Crippen molar-refractivity contribution >= 4 is 29.3 Å². The fourth-order valence-electron chi connectivity index (χ4n) is 8.71. The number of guanidine groups is 1. The predicted molar refractivity (Wildman–Crippen MR) is 231 cm³/mol. The fraction of sp³-hybridized carbons (Fsp3) is 0.386. The number of aliphatic hydroxyl groups excluding tert-OH is 4. The highest BCUT2D eigenvalue weighted by Crippen LogP contribution is 2.46. The maximum Gasteiger partial charge on any atom is 0.253 e. The van der Waals surface area contributed by atoms with Gasteiger partial charge in [0.15, 0.2) is 11.7 Å². The van der Waals surface area contributed by atoms with Crippen molar-refractivity contribution in [1.82, 2.24) is 20.9 Å². The number of ether oxygens (including phenoxy) is 3. The molecule has 5 aliphatic rings. The first-order valence-electron chi connectivity index (χ1n) is 20.7. The summed E-state index contributed by atoms with van der Waals surface area (Å²) in [6.45, 7) is -1.87. The number of methoxy groups -OCH3 is 1. The largest absolute Gasteiger partial charge is 0.507 e. The first kappa shape index (κ1) is 46.4. The van der Waals surface area contributed by atoms with Crippen LogP contribution in [-0.4, -0.2) is 135 Å². The molecule has 0 radical (unpaired) electrons. The van der Waals surface area contributed by atoms with Gasteiger partial charge in [-0.05, 0) is 54.2 Å². The van der Waals surface area contributed by atoms with E-state index in [0.717, 1.165) is 28.7 Å². The lowest BCUT2D eigenvalue weighted by Gasteiger charge is -2.49. The lowest BCUT2D eigenvalue weighted by Crippen LogP contribution is -2.68. The van der Waals surface area contributed by atoms with Crippen LogP contribution in [0.4, 0.5) is 0 Å². The number of aryl methyl sites for hydroxylation is 1. The standard InChI is InChI=1S/C44H52N8O13/c1-48-43(47)51-16-25-22(5-3-20-4-6-30(45)50-15-20)11-24-35(38(25)58)39(59)36-28(13-27(63-2)26(18-53)34(36)37(24)57)64-42-40(60)41(61)44(62,29(19-54)65-42)14-23(21-9-10-49-31(46)12-21)17-52-32(55)7-8-33(52)56/h4,6-9,11-13,15,23,29-30,40-42,49-50,53-54,58,60-62H,3,5,10,14,16-19,45-46H2,1-2H3,(H3,47,48,51). The average Bonchev–Trinajstić information content (AvgIpc) is 3.61. The third-order valence-electron chi connectivity index (χ3n) is 12.2. The molecule has 21 nitrogen and oxygen atoms in total. The van der Waals surface area contributed by atoms with E-state index in [1.54, 1.807) is 18.4 Å². The van der Waals surface area contributed by atoms with Gasteiger partial charge in [-0.25, -0.2) is 0 Å². The third kappa shape index (κ3) is 8.81. The number of dihydropyridines is 2. The molecule has 1 fully saturated rings. The van der Waals surface area contributed by atoms with Crippen LogP contribution in [-0.2, 0) is 33.9 Å². The predicted octanol–water partition coefficient (Wildman–Crippen LogP) is -2.23. The maximum absolute atomic E-state index is 14.8. The van der Waals surface area contributed by atoms with E-state index in [1.165, 1.54) is 26.3 Å². The van der Waals surface area contributed by atoms with Crippen LogP contribution in [0.5, 0.6) is 17.2 Å². The van der Waals surface area contributed by atoms with Gasteiger partial charge < -0.3 is 78.0 Å². The van der Waals surface area contributed by atoms with Gasteiger partial charge in [0, 0.05) is 79.3 Å². The second kappa shape index (κ2) is 18.9. The number of nitrogens with one attached hydrogen (secondary N) is 3. The van der Waals surface area contributed by atoms with E-state index in [9.17, 15) is 49.8 Å². The highest BCUT2D eigenvalue weighted by atomic mass is 16.7. The van der Waals surface area contributed by atoms with Crippen molar-refractivity contribution < 1.29 is 64.0 Å². The normalized spacial score (nSPS) is 25.5. The van der Waals surface area contributed by atoms with Gasteiger partial charge in [-0.1, -0.05) is 12.2 Å². The zero-order valence-electron chi connectivity index (χ0n) is 35.5. The topological polar surface area (TPSA) is 347 Å². The van der Waals surface area contributed by atoms with Crippen molar-refractivity contribution in [2.75, 3.05) is 33.9 Å². The van der Waals surface area contributed by atoms with Crippen LogP contribution < -0.4 is 42.6 Å². The number of amides is 2. The van der Waals surface area contributed by atoms with Crippen LogP contribution in [0, 0.1) is 5.92 Å². The molecule has 2 aromatic rings. The number of phenols is 1. The van der Waals surface area contributed by atoms with Crippen LogP contribution in [0.1, 0.15) is 61.4 Å². The number of imide groups is 1. The quantitative estimate of drug-likeness (QED) is 0.0436. The Hall–Kier alpha value is -6.59. The van der Waals surface area contributed by atoms with Crippen LogP contribution in [0.25, 0.3) is 0 Å². The van der Waals surface area contributed by atoms with Crippen LogP contribution in [0.3, 0.4) is 0 Å². The molecular weight excluding hydrogens is 849 g/mol. The van der Waals surface area contributed by atoms with Crippen LogP contribution >= 0.6 is 0 Å². The number of rotatable bonds is 15. The number of hydrogen-bond donors (Lipinski definition) is 12. The molecule has 7 unspecified atom stereocenters. The van der Waals surface area contributed by atoms with Crippen molar-refractivity contribution in [3.05, 3.63) is 111 Å². The van der Waals surface area contributed by atoms with E-state index in [4.69, 9.17) is 31.4 Å². The smallest absolute Gasteiger partial charge is 0.253 e. The molecule has 2 amide bonds. The summed E-state index contributed by atoms with van der Waals surface area (Å²) in [5, 5.41) is 77.6. The Morgan fingerprint density at radius 2 is 1.78 bits per heavy atom. The molecule has 21 heteroatoms. The number of hydrogen-bond acceptors (Lipinski definition) is 18. The highest BCUT2D eigenvalue weighted by Gasteiger charge is 2.57. The molecule has 65 heavy (non-hydrogen) atoms. The van der Waals surface area contributed by atoms with Crippen molar-refractivity contribution in [2.24, 2.45) is 28.1 Å². The number of fused-ring (bicyclic) bond motifs is 2. The van der Waals surface area contributed by atoms with E-state index in [1.807, 2.05) is 6.08 Å². The molecule has 0 spiro atoms. The molecule has 7 rings (SSSR count). The number of nitrogens with two attached hydrogens (primary N) is 3. The monoisotopic (exact) mass is 900 g/mol. The Bertz CT molecular complexity index is 2460. The molecule has 7 atom stereocenters. The molecule has 0 bridgehead atoms. The lowest BCUT2D eigenvalue weighted by molar-refractivity contribution is -0.316. The Morgan fingerprint density at radius 3 is 2.42 bits per heavy atom. The summed E-state index contributed by atoms with van der Waals surface area (Å²) in [7, 11) is 2.70. The third-order valence-corrected chi connectivity index (χ3v) is 12.2. The summed E-state index contributed by atoms with van der Waals surface area (Å²) >= 11 is 0. The summed E-state index contributed by atoms with van der Waals surface area (Å²) in [4.78, 5) is 59.6. The second-order valence-electron chi connectivity index (χ2n) is 16.1. The van der Waals surface area contributed by atoms with Gasteiger partial charge >= 0.3 is 0 Å². The Labute approximate surface area is 372 Å². The number of aliphatic imine (C=N–C) groups is 1. The molecule has 0 aromatic heterocycles. The minimum absolute atomic E-state index is 0.0307. The average molecular weight is 901 g/mol. The molecule has 2 aromatic carbocycles. The first-order chi connectivity index (χ1) is 31.0. The summed E-state index contributed by atoms with van der Waals surface area (Å²) < 4.78 is 17.6. The lowest BCUT2D eigenvalue weighted by atomic mass is 9.75. The fourth-order valence-corrected chi connectivity index (χ4v) is 8.71. The molecule has 1 aliphatic carbocycles. The molecule has 346 valence electrons. The van der Waals surface area contributed by atoms with Crippen molar-refractivity contribution in [1.29, 1.82) is 0 Å². The Kier molecular flexibility index (Phi) is 13.5. The van der Waals surface area contributed by atoms with Crippen molar-refractivity contribution in [3.63, 3.8) is 0 Å². The molecule has 0 saturated carbocycles. The zero-order chi connectivity index (χ0) is 46.9. The number of allylic oxidation sites excluding steroid dienone is 3. The van der Waals surface area contributed by atoms with Gasteiger partial charge in [-0.3, -0.25) is 29.1 Å². The number of carbonyl (C=O) groups is 4. The van der Waals surface area contributed by atoms with Gasteiger partial charge in [0.1, 0.15) is 41.2 Å². The maximum atomic E-state index is 14.8. The van der Waals surface area contributed by atoms with Gasteiger partial charge in [0.25, 0.3) is 11.8 Å². The van der Waals surface area contributed by atoms with Crippen molar-refractivity contribution in [2.45, 2.75) is 68.8 Å². The van der Waals surface area contributed by atoms with Gasteiger partial charge in [0.2, 0.25) is 12.1 Å². The number of ketones is 2. The number of carbonyl (C=O) groups excluding carboxylic acids is 4. The summed E-state index contributed by atoms with van der Waals surface area (Å²) in [5.41, 5.74) is 16.0. The Balaban J connectivity index is 1.24. The van der Waals surface area contributed by atoms with E-state index in [2.05, 4.69) is 20.9 Å². The molecule has 1 saturated heterocycles. The zero-order valence-corrected chi connectivity index (χ0v) is 35.5. The number of nitrogens with zero attached hydrogens (tertiary/aromatic N) is 2. The van der Waals surface area contributed by atoms with Gasteiger partial charge in [0.05, 0.1) is 43.4 Å². The number of phenolic OH excluding ortho intramolecular Hbond substituents is 1. The SMILES string of the molecule is CN=C(N)NCc1c(CCC2=CNC(N)C=C2)cc2c(c1O)C(=O)c1c(OC3OC(CO)C(O)(CC(CN4C(=O)C=CC4=O)C4=CCNC(N)=C4)C(O)C3O)cc(OC)c(CO)c1C2=O. The molecule has 4 aliphatic heterocycles. The van der Waals surface area contributed by atoms with Crippen molar-refractivity contribution in [3.8, 4) is 17.2 Å². The number of benzene rings is 2. The summed E-state index contributed by atoms with van der Waals surface area (Å²) in [6, 6.07) is 2.65. The second-order valence-corrected chi connectivity index (χ2v) is 16.1. The molecule has 15 N–H and O–H groups in total. The van der Waals surface area contributed by atoms with Crippen LogP contribution in [0.15, 0.2) is 76.7 Å². The number of aliphatic hydroxyl groups is 5.